The predicted molar refractivity (Wildman–Crippen MR) is 72.2 cm³/mol. The van der Waals surface area contributed by atoms with Crippen molar-refractivity contribution in [3.05, 3.63) is 6.07 Å². The van der Waals surface area contributed by atoms with Gasteiger partial charge in [0.15, 0.2) is 0 Å². The van der Waals surface area contributed by atoms with Crippen LogP contribution in [0.1, 0.15) is 32.1 Å². The summed E-state index contributed by atoms with van der Waals surface area (Å²) in [6, 6.07) is 1.66. The maximum atomic E-state index is 5.80. The van der Waals surface area contributed by atoms with Crippen LogP contribution in [-0.2, 0) is 4.74 Å². The quantitative estimate of drug-likeness (QED) is 0.684. The lowest BCUT2D eigenvalue weighted by molar-refractivity contribution is 0.0347. The molecule has 1 saturated carbocycles. The van der Waals surface area contributed by atoms with Gasteiger partial charge in [0.1, 0.15) is 11.6 Å². The highest BCUT2D eigenvalue weighted by atomic mass is 16.5. The number of nitrogens with one attached hydrogen (secondary N) is 1. The van der Waals surface area contributed by atoms with Crippen LogP contribution < -0.4 is 16.8 Å². The number of ether oxygens (including phenoxy) is 1. The van der Waals surface area contributed by atoms with Crippen LogP contribution in [0.15, 0.2) is 6.07 Å². The molecule has 5 N–H and O–H groups in total. The molecule has 0 unspecified atom stereocenters. The number of nitrogen functional groups attached to an aromatic ring is 2. The summed E-state index contributed by atoms with van der Waals surface area (Å²) in [5.41, 5.74) is 11.1. The van der Waals surface area contributed by atoms with E-state index in [1.54, 1.807) is 6.07 Å². The molecular weight excluding hydrogens is 230 g/mol. The standard InChI is InChI=1S/C12H21N5O/c13-10-8-11(17-12(14)16-10)15-6-7-18-9-4-2-1-3-5-9/h8-9H,1-7H2,(H5,13,14,15,16,17). The van der Waals surface area contributed by atoms with Gasteiger partial charge < -0.3 is 21.5 Å². The van der Waals surface area contributed by atoms with Crippen LogP contribution in [0.25, 0.3) is 0 Å². The van der Waals surface area contributed by atoms with Crippen LogP contribution >= 0.6 is 0 Å². The Morgan fingerprint density at radius 2 is 2.00 bits per heavy atom. The van der Waals surface area contributed by atoms with E-state index in [0.717, 1.165) is 0 Å². The average Bonchev–Trinajstić information content (AvgIpc) is 2.35. The van der Waals surface area contributed by atoms with Gasteiger partial charge in [-0.1, -0.05) is 19.3 Å². The van der Waals surface area contributed by atoms with Gasteiger partial charge in [-0.3, -0.25) is 0 Å². The first kappa shape index (κ1) is 12.9. The Kier molecular flexibility index (Phi) is 4.58. The van der Waals surface area contributed by atoms with Crippen molar-refractivity contribution >= 4 is 17.6 Å². The highest BCUT2D eigenvalue weighted by molar-refractivity contribution is 5.48. The Hall–Kier alpha value is -1.56. The third-order valence-corrected chi connectivity index (χ3v) is 3.08. The molecule has 2 rings (SSSR count). The van der Waals surface area contributed by atoms with Gasteiger partial charge in [0.2, 0.25) is 5.95 Å². The molecule has 0 bridgehead atoms. The molecule has 18 heavy (non-hydrogen) atoms. The number of nitrogens with two attached hydrogens (primary N) is 2. The molecule has 1 aliphatic carbocycles. The van der Waals surface area contributed by atoms with E-state index in [2.05, 4.69) is 15.3 Å². The van der Waals surface area contributed by atoms with E-state index < -0.39 is 0 Å². The second kappa shape index (κ2) is 6.39. The highest BCUT2D eigenvalue weighted by Gasteiger charge is 2.12. The molecule has 1 aromatic rings. The third-order valence-electron chi connectivity index (χ3n) is 3.08. The monoisotopic (exact) mass is 251 g/mol. The van der Waals surface area contributed by atoms with E-state index >= 15 is 0 Å². The summed E-state index contributed by atoms with van der Waals surface area (Å²) in [6.45, 7) is 1.38. The fourth-order valence-electron chi connectivity index (χ4n) is 2.21. The van der Waals surface area contributed by atoms with Crippen molar-refractivity contribution in [1.29, 1.82) is 0 Å². The van der Waals surface area contributed by atoms with Crippen molar-refractivity contribution in [2.75, 3.05) is 29.9 Å². The molecule has 0 saturated heterocycles. The lowest BCUT2D eigenvalue weighted by Gasteiger charge is -2.22. The van der Waals surface area contributed by atoms with Gasteiger partial charge in [0.25, 0.3) is 0 Å². The van der Waals surface area contributed by atoms with Crippen LogP contribution in [0.4, 0.5) is 17.6 Å². The van der Waals surface area contributed by atoms with Gasteiger partial charge in [-0.2, -0.15) is 9.97 Å². The second-order valence-corrected chi connectivity index (χ2v) is 4.59. The average molecular weight is 251 g/mol. The van der Waals surface area contributed by atoms with Crippen LogP contribution in [0, 0.1) is 0 Å². The van der Waals surface area contributed by atoms with Crippen LogP contribution in [0.2, 0.25) is 0 Å². The van der Waals surface area contributed by atoms with Crippen molar-refractivity contribution in [2.45, 2.75) is 38.2 Å². The van der Waals surface area contributed by atoms with Crippen molar-refractivity contribution in [3.8, 4) is 0 Å². The predicted octanol–water partition coefficient (Wildman–Crippen LogP) is 1.40. The van der Waals surface area contributed by atoms with Gasteiger partial charge >= 0.3 is 0 Å². The van der Waals surface area contributed by atoms with E-state index in [1.807, 2.05) is 0 Å². The Bertz CT molecular complexity index is 358. The summed E-state index contributed by atoms with van der Waals surface area (Å²) >= 11 is 0. The van der Waals surface area contributed by atoms with E-state index in [0.29, 0.717) is 30.9 Å². The summed E-state index contributed by atoms with van der Waals surface area (Å²) in [5, 5.41) is 3.13. The highest BCUT2D eigenvalue weighted by Crippen LogP contribution is 2.20. The van der Waals surface area contributed by atoms with Crippen molar-refractivity contribution in [2.24, 2.45) is 0 Å². The van der Waals surface area contributed by atoms with Crippen molar-refractivity contribution < 1.29 is 4.74 Å². The molecule has 6 heteroatoms. The number of nitrogens with zero attached hydrogens (tertiary/aromatic N) is 2. The minimum Gasteiger partial charge on any atom is -0.383 e. The Labute approximate surface area is 107 Å². The molecule has 0 aromatic carbocycles. The molecule has 0 aliphatic heterocycles. The van der Waals surface area contributed by atoms with E-state index in [9.17, 15) is 0 Å². The Morgan fingerprint density at radius 1 is 1.22 bits per heavy atom. The van der Waals surface area contributed by atoms with Crippen LogP contribution in [0.3, 0.4) is 0 Å². The summed E-state index contributed by atoms with van der Waals surface area (Å²) in [7, 11) is 0. The first-order chi connectivity index (χ1) is 8.74. The number of anilines is 3. The molecule has 0 radical (unpaired) electrons. The molecule has 1 aromatic heterocycles. The van der Waals surface area contributed by atoms with E-state index in [1.165, 1.54) is 32.1 Å². The Morgan fingerprint density at radius 3 is 2.72 bits per heavy atom. The van der Waals surface area contributed by atoms with Gasteiger partial charge in [-0.05, 0) is 12.8 Å². The molecule has 0 atom stereocenters. The van der Waals surface area contributed by atoms with Gasteiger partial charge in [-0.25, -0.2) is 0 Å². The molecule has 1 fully saturated rings. The van der Waals surface area contributed by atoms with Gasteiger partial charge in [-0.15, -0.1) is 0 Å². The SMILES string of the molecule is Nc1cc(NCCOC2CCCCC2)nc(N)n1. The molecule has 1 heterocycles. The molecule has 6 nitrogen and oxygen atoms in total. The van der Waals surface area contributed by atoms with Crippen LogP contribution in [-0.4, -0.2) is 29.2 Å². The zero-order chi connectivity index (χ0) is 12.8. The van der Waals surface area contributed by atoms with Crippen LogP contribution in [0.5, 0.6) is 0 Å². The maximum Gasteiger partial charge on any atom is 0.223 e. The normalized spacial score (nSPS) is 16.7. The number of hydrogen-bond acceptors (Lipinski definition) is 6. The zero-order valence-electron chi connectivity index (χ0n) is 10.6. The molecule has 0 amide bonds. The molecular formula is C12H21N5O. The molecule has 100 valence electrons. The first-order valence-electron chi connectivity index (χ1n) is 6.49. The summed E-state index contributed by atoms with van der Waals surface area (Å²) in [6.07, 6.45) is 6.73. The van der Waals surface area contributed by atoms with Crippen molar-refractivity contribution in [1.82, 2.24) is 9.97 Å². The lowest BCUT2D eigenvalue weighted by atomic mass is 9.98. The Balaban J connectivity index is 1.68. The smallest absolute Gasteiger partial charge is 0.223 e. The maximum absolute atomic E-state index is 5.80. The van der Waals surface area contributed by atoms with Gasteiger partial charge in [0, 0.05) is 12.6 Å². The third kappa shape index (κ3) is 4.03. The largest absolute Gasteiger partial charge is 0.383 e. The number of hydrogen-bond donors (Lipinski definition) is 3. The second-order valence-electron chi connectivity index (χ2n) is 4.59. The topological polar surface area (TPSA) is 99.1 Å². The minimum absolute atomic E-state index is 0.186. The molecule has 1 aliphatic rings. The summed E-state index contributed by atoms with van der Waals surface area (Å²) < 4.78 is 5.80. The summed E-state index contributed by atoms with van der Waals surface area (Å²) in [4.78, 5) is 7.85. The number of rotatable bonds is 5. The first-order valence-corrected chi connectivity index (χ1v) is 6.49. The fraction of sp³-hybridized carbons (Fsp3) is 0.667. The fourth-order valence-corrected chi connectivity index (χ4v) is 2.21. The molecule has 0 spiro atoms. The van der Waals surface area contributed by atoms with E-state index in [4.69, 9.17) is 16.2 Å². The van der Waals surface area contributed by atoms with E-state index in [-0.39, 0.29) is 5.95 Å². The lowest BCUT2D eigenvalue weighted by Crippen LogP contribution is -2.20. The zero-order valence-corrected chi connectivity index (χ0v) is 10.6. The summed E-state index contributed by atoms with van der Waals surface area (Å²) in [5.74, 6) is 1.20. The number of aromatic nitrogens is 2. The van der Waals surface area contributed by atoms with Gasteiger partial charge in [0.05, 0.1) is 12.7 Å². The van der Waals surface area contributed by atoms with Crippen molar-refractivity contribution in [3.63, 3.8) is 0 Å². The minimum atomic E-state index is 0.186.